The highest BCUT2D eigenvalue weighted by atomic mass is 16.5. The van der Waals surface area contributed by atoms with Crippen LogP contribution in [0.4, 0.5) is 0 Å². The number of nitrogens with zero attached hydrogens (tertiary/aromatic N) is 2. The van der Waals surface area contributed by atoms with Gasteiger partial charge in [-0.3, -0.25) is 9.59 Å². The van der Waals surface area contributed by atoms with Crippen molar-refractivity contribution in [1.82, 2.24) is 9.80 Å². The predicted molar refractivity (Wildman–Crippen MR) is 115 cm³/mol. The smallest absolute Gasteiger partial charge is 0.227 e. The first-order valence-electron chi connectivity index (χ1n) is 10.3. The summed E-state index contributed by atoms with van der Waals surface area (Å²) in [5.41, 5.74) is 3.36. The summed E-state index contributed by atoms with van der Waals surface area (Å²) in [6, 6.07) is 16.3. The van der Waals surface area contributed by atoms with Crippen molar-refractivity contribution in [1.29, 1.82) is 0 Å². The number of likely N-dealkylation sites (N-methyl/N-ethyl adjacent to an activating group) is 1. The van der Waals surface area contributed by atoms with Crippen LogP contribution in [0.5, 0.6) is 5.75 Å². The number of ether oxygens (including phenoxy) is 1. The first kappa shape index (κ1) is 20.9. The maximum absolute atomic E-state index is 12.8. The van der Waals surface area contributed by atoms with Gasteiger partial charge in [0, 0.05) is 33.1 Å². The molecule has 1 fully saturated rings. The van der Waals surface area contributed by atoms with Gasteiger partial charge < -0.3 is 14.5 Å². The van der Waals surface area contributed by atoms with Gasteiger partial charge in [0.2, 0.25) is 11.8 Å². The Balaban J connectivity index is 1.72. The van der Waals surface area contributed by atoms with Crippen molar-refractivity contribution in [3.05, 3.63) is 54.1 Å². The second kappa shape index (κ2) is 9.59. The van der Waals surface area contributed by atoms with Crippen LogP contribution in [0, 0.1) is 5.92 Å². The maximum atomic E-state index is 12.8. The van der Waals surface area contributed by atoms with Crippen LogP contribution in [0.15, 0.2) is 48.5 Å². The summed E-state index contributed by atoms with van der Waals surface area (Å²) in [7, 11) is 3.49. The summed E-state index contributed by atoms with van der Waals surface area (Å²) in [5, 5.41) is 0. The Morgan fingerprint density at radius 2 is 1.66 bits per heavy atom. The lowest BCUT2D eigenvalue weighted by molar-refractivity contribution is -0.134. The number of methoxy groups -OCH3 is 1. The molecule has 1 unspecified atom stereocenters. The second-order valence-electron chi connectivity index (χ2n) is 7.68. The lowest BCUT2D eigenvalue weighted by Gasteiger charge is -2.23. The predicted octanol–water partition coefficient (Wildman–Crippen LogP) is 3.62. The van der Waals surface area contributed by atoms with E-state index in [9.17, 15) is 9.59 Å². The Hall–Kier alpha value is -2.82. The van der Waals surface area contributed by atoms with Gasteiger partial charge in [-0.1, -0.05) is 43.3 Å². The highest BCUT2D eigenvalue weighted by molar-refractivity contribution is 5.82. The Labute approximate surface area is 173 Å². The Bertz CT molecular complexity index is 830. The zero-order valence-electron chi connectivity index (χ0n) is 17.6. The van der Waals surface area contributed by atoms with Crippen molar-refractivity contribution in [3.63, 3.8) is 0 Å². The first-order chi connectivity index (χ1) is 14.0. The fourth-order valence-electron chi connectivity index (χ4n) is 3.78. The Morgan fingerprint density at radius 1 is 1.03 bits per heavy atom. The highest BCUT2D eigenvalue weighted by Gasteiger charge is 2.30. The molecule has 0 spiro atoms. The molecule has 0 saturated carbocycles. The van der Waals surface area contributed by atoms with E-state index in [2.05, 4.69) is 24.3 Å². The largest absolute Gasteiger partial charge is 0.497 e. The number of hydrogen-bond donors (Lipinski definition) is 0. The minimum absolute atomic E-state index is 0.121. The molecule has 0 N–H and O–H groups in total. The van der Waals surface area contributed by atoms with E-state index in [0.29, 0.717) is 32.5 Å². The van der Waals surface area contributed by atoms with Gasteiger partial charge in [0.15, 0.2) is 0 Å². The first-order valence-corrected chi connectivity index (χ1v) is 10.3. The molecule has 2 amide bonds. The van der Waals surface area contributed by atoms with Crippen LogP contribution in [0.25, 0.3) is 11.1 Å². The summed E-state index contributed by atoms with van der Waals surface area (Å²) >= 11 is 0. The van der Waals surface area contributed by atoms with E-state index in [1.54, 1.807) is 12.0 Å². The van der Waals surface area contributed by atoms with Crippen molar-refractivity contribution in [2.45, 2.75) is 26.2 Å². The zero-order chi connectivity index (χ0) is 20.8. The zero-order valence-corrected chi connectivity index (χ0v) is 17.6. The van der Waals surface area contributed by atoms with Crippen LogP contribution in [-0.4, -0.2) is 55.4 Å². The van der Waals surface area contributed by atoms with E-state index < -0.39 is 0 Å². The van der Waals surface area contributed by atoms with Crippen molar-refractivity contribution in [3.8, 4) is 16.9 Å². The second-order valence-corrected chi connectivity index (χ2v) is 7.68. The number of hydrogen-bond acceptors (Lipinski definition) is 3. The van der Waals surface area contributed by atoms with E-state index in [4.69, 9.17) is 4.74 Å². The summed E-state index contributed by atoms with van der Waals surface area (Å²) in [4.78, 5) is 28.8. The minimum Gasteiger partial charge on any atom is -0.497 e. The average molecular weight is 395 g/mol. The number of carbonyl (C=O) groups is 2. The minimum atomic E-state index is -0.199. The van der Waals surface area contributed by atoms with Crippen LogP contribution in [-0.2, 0) is 16.0 Å². The standard InChI is InChI=1S/C24H30N2O3/c1-4-5-23(27)26-15-14-25(2)24(28)21(17-26)16-18-6-8-19(9-7-18)20-10-12-22(29-3)13-11-20/h6-13,21H,4-5,14-17H2,1-3H3. The summed E-state index contributed by atoms with van der Waals surface area (Å²) in [6.07, 6.45) is 2.01. The number of carbonyl (C=O) groups excluding carboxylic acids is 2. The number of benzene rings is 2. The van der Waals surface area contributed by atoms with Gasteiger partial charge in [0.25, 0.3) is 0 Å². The van der Waals surface area contributed by atoms with Gasteiger partial charge >= 0.3 is 0 Å². The third-order valence-corrected chi connectivity index (χ3v) is 5.55. The van der Waals surface area contributed by atoms with Gasteiger partial charge in [0.05, 0.1) is 13.0 Å². The molecule has 5 heteroatoms. The number of amides is 2. The molecular formula is C24H30N2O3. The SMILES string of the molecule is CCCC(=O)N1CCN(C)C(=O)C(Cc2ccc(-c3ccc(OC)cc3)cc2)C1. The molecule has 2 aromatic carbocycles. The summed E-state index contributed by atoms with van der Waals surface area (Å²) in [6.45, 7) is 3.73. The molecule has 5 nitrogen and oxygen atoms in total. The molecule has 1 heterocycles. The van der Waals surface area contributed by atoms with E-state index in [1.807, 2.05) is 43.1 Å². The van der Waals surface area contributed by atoms with Gasteiger partial charge in [-0.25, -0.2) is 0 Å². The van der Waals surface area contributed by atoms with Gasteiger partial charge in [-0.15, -0.1) is 0 Å². The maximum Gasteiger partial charge on any atom is 0.227 e. The molecule has 0 aliphatic carbocycles. The number of rotatable bonds is 6. The molecule has 29 heavy (non-hydrogen) atoms. The Kier molecular flexibility index (Phi) is 6.91. The third kappa shape index (κ3) is 5.17. The van der Waals surface area contributed by atoms with Crippen LogP contribution < -0.4 is 4.74 Å². The molecule has 0 aromatic heterocycles. The van der Waals surface area contributed by atoms with Crippen molar-refractivity contribution in [2.24, 2.45) is 5.92 Å². The van der Waals surface area contributed by atoms with E-state index in [0.717, 1.165) is 28.9 Å². The quantitative estimate of drug-likeness (QED) is 0.752. The molecule has 1 saturated heterocycles. The Morgan fingerprint density at radius 3 is 2.24 bits per heavy atom. The van der Waals surface area contributed by atoms with Crippen molar-refractivity contribution in [2.75, 3.05) is 33.8 Å². The van der Waals surface area contributed by atoms with Crippen LogP contribution in [0.2, 0.25) is 0 Å². The van der Waals surface area contributed by atoms with Gasteiger partial charge in [0.1, 0.15) is 5.75 Å². The van der Waals surface area contributed by atoms with E-state index >= 15 is 0 Å². The van der Waals surface area contributed by atoms with Gasteiger partial charge in [-0.05, 0) is 41.7 Å². The molecule has 1 atom stereocenters. The lowest BCUT2D eigenvalue weighted by Crippen LogP contribution is -2.37. The van der Waals surface area contributed by atoms with Crippen LogP contribution in [0.1, 0.15) is 25.3 Å². The highest BCUT2D eigenvalue weighted by Crippen LogP contribution is 2.24. The fourth-order valence-corrected chi connectivity index (χ4v) is 3.78. The molecule has 1 aliphatic rings. The van der Waals surface area contributed by atoms with Crippen molar-refractivity contribution < 1.29 is 14.3 Å². The average Bonchev–Trinajstić information content (AvgIpc) is 2.88. The monoisotopic (exact) mass is 394 g/mol. The normalized spacial score (nSPS) is 17.2. The van der Waals surface area contributed by atoms with Crippen LogP contribution in [0.3, 0.4) is 0 Å². The van der Waals surface area contributed by atoms with Crippen molar-refractivity contribution >= 4 is 11.8 Å². The molecule has 2 aromatic rings. The lowest BCUT2D eigenvalue weighted by atomic mass is 9.95. The fraction of sp³-hybridized carbons (Fsp3) is 0.417. The van der Waals surface area contributed by atoms with E-state index in [-0.39, 0.29) is 17.7 Å². The van der Waals surface area contributed by atoms with Crippen LogP contribution >= 0.6 is 0 Å². The molecule has 154 valence electrons. The molecule has 0 bridgehead atoms. The molecule has 3 rings (SSSR count). The molecular weight excluding hydrogens is 364 g/mol. The summed E-state index contributed by atoms with van der Waals surface area (Å²) in [5.74, 6) is 0.908. The summed E-state index contributed by atoms with van der Waals surface area (Å²) < 4.78 is 5.21. The molecule has 1 aliphatic heterocycles. The topological polar surface area (TPSA) is 49.9 Å². The van der Waals surface area contributed by atoms with Gasteiger partial charge in [-0.2, -0.15) is 0 Å². The molecule has 0 radical (unpaired) electrons. The third-order valence-electron chi connectivity index (χ3n) is 5.55. The van der Waals surface area contributed by atoms with E-state index in [1.165, 1.54) is 0 Å².